The molecule has 1 N–H and O–H groups in total. The summed E-state index contributed by atoms with van der Waals surface area (Å²) >= 11 is 3.40. The fourth-order valence-electron chi connectivity index (χ4n) is 1.66. The van der Waals surface area contributed by atoms with Gasteiger partial charge in [0.1, 0.15) is 5.82 Å². The van der Waals surface area contributed by atoms with Gasteiger partial charge in [0.2, 0.25) is 3.79 Å². The number of carbonyl (C=O) groups is 2. The van der Waals surface area contributed by atoms with Crippen molar-refractivity contribution in [2.24, 2.45) is 0 Å². The largest absolute Gasteiger partial charge is 0.302 e. The molecule has 6 heteroatoms. The van der Waals surface area contributed by atoms with Crippen LogP contribution in [0, 0.1) is 18.8 Å². The smallest absolute Gasteiger partial charge is 0.286 e. The van der Waals surface area contributed by atoms with Crippen molar-refractivity contribution in [3.63, 3.8) is 0 Å². The number of hydrogen-bond acceptors (Lipinski definition) is 3. The molecule has 0 bridgehead atoms. The lowest BCUT2D eigenvalue weighted by Crippen LogP contribution is -2.01. The Kier molecular flexibility index (Phi) is 5.90. The summed E-state index contributed by atoms with van der Waals surface area (Å²) in [4.78, 5) is 26.4. The average molecular weight is 516 g/mol. The van der Waals surface area contributed by atoms with Crippen LogP contribution in [-0.4, -0.2) is 12.7 Å². The molecule has 0 atom stereocenters. The summed E-state index contributed by atoms with van der Waals surface area (Å²) in [6.45, 7) is 1.95. The predicted molar refractivity (Wildman–Crippen MR) is 103 cm³/mol. The van der Waals surface area contributed by atoms with Crippen molar-refractivity contribution in [3.8, 4) is 11.8 Å². The Morgan fingerprint density at radius 2 is 1.91 bits per heavy atom. The summed E-state index contributed by atoms with van der Waals surface area (Å²) in [6, 6.07) is 8.93. The second-order valence-corrected chi connectivity index (χ2v) is 6.34. The molecule has 0 unspecified atom stereocenters. The Morgan fingerprint density at radius 3 is 2.50 bits per heavy atom. The van der Waals surface area contributed by atoms with E-state index in [0.29, 0.717) is 11.4 Å². The Labute approximate surface area is 155 Å². The maximum Gasteiger partial charge on any atom is 0.286 e. The number of nitrogens with zero attached hydrogens (tertiary/aromatic N) is 1. The number of aryl methyl sites for hydroxylation is 1. The molecule has 0 fully saturated rings. The lowest BCUT2D eigenvalue weighted by Gasteiger charge is -2.00. The number of amides is 1. The van der Waals surface area contributed by atoms with Gasteiger partial charge in [0, 0.05) is 68.1 Å². The van der Waals surface area contributed by atoms with E-state index in [0.717, 1.165) is 16.7 Å². The van der Waals surface area contributed by atoms with Gasteiger partial charge >= 0.3 is 0 Å². The van der Waals surface area contributed by atoms with Gasteiger partial charge in [-0.15, -0.1) is 0 Å². The quantitative estimate of drug-likeness (QED) is 0.280. The molecule has 2 rings (SSSR count). The molecule has 1 heterocycles. The molecule has 2 aromatic rings. The van der Waals surface area contributed by atoms with Crippen LogP contribution in [0.5, 0.6) is 0 Å². The van der Waals surface area contributed by atoms with Gasteiger partial charge in [-0.2, -0.15) is 0 Å². The zero-order valence-electron chi connectivity index (χ0n) is 11.5. The summed E-state index contributed by atoms with van der Waals surface area (Å²) in [5.74, 6) is 6.54. The molecule has 4 nitrogen and oxygen atoms in total. The van der Waals surface area contributed by atoms with Crippen molar-refractivity contribution in [2.45, 2.75) is 6.92 Å². The minimum Gasteiger partial charge on any atom is -0.302 e. The molecular weight excluding hydrogens is 506 g/mol. The summed E-state index contributed by atoms with van der Waals surface area (Å²) in [5, 5.41) is 2.58. The SMILES string of the molecule is Cc1ccc(C(=O)I)cc1C#Cc1ccc(NC(=O)I)nc1. The fourth-order valence-corrected chi connectivity index (χ4v) is 2.27. The van der Waals surface area contributed by atoms with E-state index >= 15 is 0 Å². The highest BCUT2D eigenvalue weighted by Crippen LogP contribution is 2.13. The van der Waals surface area contributed by atoms with Crippen molar-refractivity contribution >= 4 is 58.7 Å². The van der Waals surface area contributed by atoms with E-state index in [1.165, 1.54) is 0 Å². The molecule has 0 aliphatic rings. The Morgan fingerprint density at radius 1 is 1.14 bits per heavy atom. The van der Waals surface area contributed by atoms with Crippen molar-refractivity contribution in [1.82, 2.24) is 4.98 Å². The molecule has 0 saturated carbocycles. The Bertz CT molecular complexity index is 790. The zero-order valence-corrected chi connectivity index (χ0v) is 15.8. The van der Waals surface area contributed by atoms with E-state index in [9.17, 15) is 9.59 Å². The normalized spacial score (nSPS) is 9.59. The van der Waals surface area contributed by atoms with Crippen molar-refractivity contribution < 1.29 is 9.59 Å². The van der Waals surface area contributed by atoms with Crippen LogP contribution in [0.4, 0.5) is 10.6 Å². The van der Waals surface area contributed by atoms with Crippen LogP contribution in [0.2, 0.25) is 0 Å². The highest BCUT2D eigenvalue weighted by atomic mass is 127. The molecule has 1 amide bonds. The van der Waals surface area contributed by atoms with Gasteiger partial charge in [0.15, 0.2) is 0 Å². The number of pyridine rings is 1. The molecular formula is C16H10I2N2O2. The van der Waals surface area contributed by atoms with E-state index in [1.54, 1.807) is 75.6 Å². The molecule has 22 heavy (non-hydrogen) atoms. The van der Waals surface area contributed by atoms with Gasteiger partial charge in [-0.1, -0.05) is 24.0 Å². The standard InChI is InChI=1S/C16H10I2N2O2/c1-10-2-5-13(15(17)21)8-12(10)6-3-11-4-7-14(19-9-11)20-16(18)22/h2,4-5,7-9H,1H3,(H,19,20,22). The Hall–Kier alpha value is -1.47. The highest BCUT2D eigenvalue weighted by molar-refractivity contribution is 14.1. The van der Waals surface area contributed by atoms with E-state index in [4.69, 9.17) is 0 Å². The molecule has 0 aliphatic carbocycles. The second-order valence-electron chi connectivity index (χ2n) is 4.38. The fraction of sp³-hybridized carbons (Fsp3) is 0.0625. The molecule has 1 aromatic carbocycles. The predicted octanol–water partition coefficient (Wildman–Crippen LogP) is 4.33. The number of nitrogens with one attached hydrogen (secondary N) is 1. The second kappa shape index (κ2) is 7.69. The number of benzene rings is 1. The minimum atomic E-state index is -0.195. The maximum atomic E-state index is 11.4. The Balaban J connectivity index is 2.24. The van der Waals surface area contributed by atoms with E-state index < -0.39 is 0 Å². The number of hydrogen-bond donors (Lipinski definition) is 1. The van der Waals surface area contributed by atoms with Crippen LogP contribution in [0.15, 0.2) is 36.5 Å². The van der Waals surface area contributed by atoms with Gasteiger partial charge in [-0.05, 0) is 30.7 Å². The van der Waals surface area contributed by atoms with Crippen LogP contribution in [0.25, 0.3) is 0 Å². The lowest BCUT2D eigenvalue weighted by molar-refractivity contribution is 0.110. The van der Waals surface area contributed by atoms with E-state index in [2.05, 4.69) is 22.1 Å². The highest BCUT2D eigenvalue weighted by Gasteiger charge is 2.03. The number of anilines is 1. The first kappa shape index (κ1) is 16.9. The number of carbonyl (C=O) groups excluding carboxylic acids is 2. The molecule has 0 radical (unpaired) electrons. The summed E-state index contributed by atoms with van der Waals surface area (Å²) in [7, 11) is 0. The maximum absolute atomic E-state index is 11.4. The van der Waals surface area contributed by atoms with Gasteiger partial charge in [0.05, 0.1) is 0 Å². The molecule has 110 valence electrons. The summed E-state index contributed by atoms with van der Waals surface area (Å²) < 4.78 is -0.207. The first-order valence-corrected chi connectivity index (χ1v) is 8.36. The van der Waals surface area contributed by atoms with Crippen molar-refractivity contribution in [3.05, 3.63) is 58.8 Å². The van der Waals surface area contributed by atoms with Crippen LogP contribution >= 0.6 is 45.2 Å². The third-order valence-corrected chi connectivity index (χ3v) is 3.69. The number of rotatable bonds is 2. The van der Waals surface area contributed by atoms with Crippen LogP contribution in [0.3, 0.4) is 0 Å². The van der Waals surface area contributed by atoms with Gasteiger partial charge in [-0.25, -0.2) is 4.98 Å². The number of halogens is 2. The molecule has 0 spiro atoms. The third-order valence-electron chi connectivity index (χ3n) is 2.80. The van der Waals surface area contributed by atoms with E-state index in [-0.39, 0.29) is 7.70 Å². The van der Waals surface area contributed by atoms with Gasteiger partial charge < -0.3 is 5.32 Å². The number of aromatic nitrogens is 1. The van der Waals surface area contributed by atoms with Gasteiger partial charge in [-0.3, -0.25) is 9.59 Å². The molecule has 1 aromatic heterocycles. The van der Waals surface area contributed by atoms with Crippen LogP contribution in [-0.2, 0) is 0 Å². The molecule has 0 aliphatic heterocycles. The zero-order chi connectivity index (χ0) is 16.1. The average Bonchev–Trinajstić information content (AvgIpc) is 2.47. The van der Waals surface area contributed by atoms with Crippen LogP contribution in [0.1, 0.15) is 27.0 Å². The summed E-state index contributed by atoms with van der Waals surface area (Å²) in [5.41, 5.74) is 3.19. The first-order chi connectivity index (χ1) is 10.5. The van der Waals surface area contributed by atoms with Crippen molar-refractivity contribution in [1.29, 1.82) is 0 Å². The monoisotopic (exact) mass is 516 g/mol. The van der Waals surface area contributed by atoms with Gasteiger partial charge in [0.25, 0.3) is 3.91 Å². The topological polar surface area (TPSA) is 59.1 Å². The third kappa shape index (κ3) is 4.78. The van der Waals surface area contributed by atoms with Crippen LogP contribution < -0.4 is 5.32 Å². The molecule has 0 saturated heterocycles. The summed E-state index contributed by atoms with van der Waals surface area (Å²) in [6.07, 6.45) is 1.59. The first-order valence-electron chi connectivity index (χ1n) is 6.21. The van der Waals surface area contributed by atoms with Crippen molar-refractivity contribution in [2.75, 3.05) is 5.32 Å². The lowest BCUT2D eigenvalue weighted by atomic mass is 10.1. The van der Waals surface area contributed by atoms with E-state index in [1.807, 2.05) is 13.0 Å². The minimum absolute atomic E-state index is 0.0128.